The van der Waals surface area contributed by atoms with Crippen molar-refractivity contribution in [3.05, 3.63) is 12.8 Å². The minimum Gasteiger partial charge on any atom is -0.418 e. The molecule has 3 N–H and O–H groups in total. The predicted octanol–water partition coefficient (Wildman–Crippen LogP) is -4.79. The van der Waals surface area contributed by atoms with E-state index in [-0.39, 0.29) is 39.4 Å². The quantitative estimate of drug-likeness (QED) is 0.377. The van der Waals surface area contributed by atoms with Crippen LogP contribution in [0.3, 0.4) is 0 Å². The van der Waals surface area contributed by atoms with E-state index >= 15 is 0 Å². The monoisotopic (exact) mass is 206 g/mol. The van der Waals surface area contributed by atoms with Gasteiger partial charge in [0.25, 0.3) is 0 Å². The van der Waals surface area contributed by atoms with Gasteiger partial charge in [-0.15, -0.1) is 0 Å². The first-order valence-corrected chi connectivity index (χ1v) is 8.93. The zero-order valence-electron chi connectivity index (χ0n) is 6.06. The first-order valence-electron chi connectivity index (χ1n) is 3.42. The minimum atomic E-state index is -0.149. The van der Waals surface area contributed by atoms with E-state index in [1.54, 1.807) is 0 Å². The fourth-order valence-corrected chi connectivity index (χ4v) is 12.7. The van der Waals surface area contributed by atoms with Crippen molar-refractivity contribution in [3.8, 4) is 0 Å². The predicted molar refractivity (Wildman–Crippen MR) is 55.6 cm³/mol. The van der Waals surface area contributed by atoms with Gasteiger partial charge in [-0.1, -0.05) is 6.58 Å². The van der Waals surface area contributed by atoms with Gasteiger partial charge >= 0.3 is 0 Å². The Morgan fingerprint density at radius 3 is 2.20 bits per heavy atom. The van der Waals surface area contributed by atoms with Gasteiger partial charge in [-0.3, -0.25) is 0 Å². The lowest BCUT2D eigenvalue weighted by Gasteiger charge is -2.23. The summed E-state index contributed by atoms with van der Waals surface area (Å²) in [6, 6.07) is 0. The number of nitrogens with one attached hydrogen (secondary N) is 3. The van der Waals surface area contributed by atoms with Gasteiger partial charge in [0.2, 0.25) is 0 Å². The molecule has 0 amide bonds. The molecule has 0 radical (unpaired) electrons. The van der Waals surface area contributed by atoms with Crippen LogP contribution in [0, 0.1) is 0 Å². The van der Waals surface area contributed by atoms with Gasteiger partial charge in [-0.25, -0.2) is 0 Å². The van der Waals surface area contributed by atoms with E-state index < -0.39 is 0 Å². The van der Waals surface area contributed by atoms with Gasteiger partial charge in [0.15, 0.2) is 39.4 Å². The molecule has 0 saturated carbocycles. The Hall–Kier alpha value is 0.288. The molecular weight excluding hydrogens is 192 g/mol. The van der Waals surface area contributed by atoms with Gasteiger partial charge < -0.3 is 18.2 Å². The third-order valence-corrected chi connectivity index (χ3v) is 9.85. The molecule has 0 atom stereocenters. The molecule has 58 valence electrons. The zero-order valence-corrected chi connectivity index (χ0v) is 11.7. The van der Waals surface area contributed by atoms with Crippen molar-refractivity contribution in [2.24, 2.45) is 0 Å². The second-order valence-corrected chi connectivity index (χ2v) is 12.0. The Morgan fingerprint density at radius 1 is 1.10 bits per heavy atom. The zero-order chi connectivity index (χ0) is 7.23. The Morgan fingerprint density at radius 2 is 1.70 bits per heavy atom. The van der Waals surface area contributed by atoms with E-state index in [1.807, 2.05) is 6.20 Å². The van der Waals surface area contributed by atoms with Gasteiger partial charge in [-0.2, -0.15) is 0 Å². The van der Waals surface area contributed by atoms with Crippen LogP contribution < -0.4 is 13.9 Å². The number of nitrogens with zero attached hydrogens (tertiary/aromatic N) is 1. The molecule has 0 aromatic heterocycles. The fourth-order valence-electron chi connectivity index (χ4n) is 0.823. The van der Waals surface area contributed by atoms with Crippen molar-refractivity contribution in [2.75, 3.05) is 0 Å². The van der Waals surface area contributed by atoms with Crippen molar-refractivity contribution in [2.45, 2.75) is 0 Å². The Labute approximate surface area is 70.8 Å². The summed E-state index contributed by atoms with van der Waals surface area (Å²) in [7, 11) is -0.489. The smallest absolute Gasteiger partial charge is 0.184 e. The molecule has 0 aliphatic carbocycles. The minimum absolute atomic E-state index is 0.0958. The number of rotatable bonds is 1. The van der Waals surface area contributed by atoms with Crippen molar-refractivity contribution in [3.63, 3.8) is 0 Å². The molecule has 0 aromatic rings. The van der Waals surface area contributed by atoms with E-state index in [0.717, 1.165) is 0 Å². The Kier molecular flexibility index (Phi) is 4.20. The summed E-state index contributed by atoms with van der Waals surface area (Å²) in [6.07, 6.45) is 1.99. The van der Waals surface area contributed by atoms with E-state index in [9.17, 15) is 0 Å². The Bertz CT molecular complexity index is 101. The third-order valence-electron chi connectivity index (χ3n) is 1.39. The molecule has 1 aliphatic heterocycles. The summed E-state index contributed by atoms with van der Waals surface area (Å²) in [4.78, 5) is 0. The third kappa shape index (κ3) is 2.92. The average molecular weight is 207 g/mol. The summed E-state index contributed by atoms with van der Waals surface area (Å²) in [5.41, 5.74) is 0. The summed E-state index contributed by atoms with van der Waals surface area (Å²) in [5, 5.41) is 0. The molecular formula is C2H14N4Si4. The normalized spacial score (nSPS) is 31.0. The van der Waals surface area contributed by atoms with Gasteiger partial charge in [0, 0.05) is 0 Å². The lowest BCUT2D eigenvalue weighted by atomic mass is 11.1. The van der Waals surface area contributed by atoms with E-state index in [4.69, 9.17) is 0 Å². The standard InChI is InChI=1S/C2H14N4Si4/c1-2-6-9-4-7-3-8-5-10-6/h2-5H,1,7-10H2. The molecule has 10 heavy (non-hydrogen) atoms. The van der Waals surface area contributed by atoms with E-state index in [1.165, 1.54) is 0 Å². The van der Waals surface area contributed by atoms with Crippen molar-refractivity contribution in [1.82, 2.24) is 18.2 Å². The van der Waals surface area contributed by atoms with Crippen LogP contribution in [-0.4, -0.2) is 43.6 Å². The van der Waals surface area contributed by atoms with Crippen molar-refractivity contribution >= 4 is 39.4 Å². The first kappa shape index (κ1) is 8.38. The maximum atomic E-state index is 3.78. The second-order valence-electron chi connectivity index (χ2n) is 2.19. The van der Waals surface area contributed by atoms with Crippen LogP contribution in [0.25, 0.3) is 0 Å². The molecule has 1 aliphatic rings. The highest BCUT2D eigenvalue weighted by Crippen LogP contribution is 1.76. The average Bonchev–Trinajstić information content (AvgIpc) is 1.87. The molecule has 1 heterocycles. The lowest BCUT2D eigenvalue weighted by Crippen LogP contribution is -2.55. The van der Waals surface area contributed by atoms with Crippen molar-refractivity contribution in [1.29, 1.82) is 0 Å². The van der Waals surface area contributed by atoms with Crippen LogP contribution in [0.5, 0.6) is 0 Å². The molecule has 0 aromatic carbocycles. The van der Waals surface area contributed by atoms with Crippen LogP contribution in [0.4, 0.5) is 0 Å². The Balaban J connectivity index is 2.22. The largest absolute Gasteiger partial charge is 0.418 e. The van der Waals surface area contributed by atoms with E-state index in [0.29, 0.717) is 0 Å². The molecule has 0 spiro atoms. The number of hydrogen-bond donors (Lipinski definition) is 3. The van der Waals surface area contributed by atoms with Crippen LogP contribution >= 0.6 is 0 Å². The van der Waals surface area contributed by atoms with Gasteiger partial charge in [0.1, 0.15) is 0 Å². The fraction of sp³-hybridized carbons (Fsp3) is 0. The molecule has 1 rings (SSSR count). The van der Waals surface area contributed by atoms with Crippen LogP contribution in [0.1, 0.15) is 0 Å². The molecule has 8 heteroatoms. The summed E-state index contributed by atoms with van der Waals surface area (Å²) in [6.45, 7) is 3.78. The SMILES string of the molecule is C=CN1[SiH2]N[SiH2]N[SiH2]N[SiH2]1. The van der Waals surface area contributed by atoms with Crippen LogP contribution in [0.15, 0.2) is 12.8 Å². The molecule has 0 unspecified atom stereocenters. The second kappa shape index (κ2) is 5.01. The van der Waals surface area contributed by atoms with Gasteiger partial charge in [0.05, 0.1) is 0 Å². The van der Waals surface area contributed by atoms with Gasteiger partial charge in [-0.05, 0) is 6.20 Å². The maximum absolute atomic E-state index is 3.78. The summed E-state index contributed by atoms with van der Waals surface area (Å²) < 4.78 is 13.0. The van der Waals surface area contributed by atoms with Crippen molar-refractivity contribution < 1.29 is 0 Å². The molecule has 1 fully saturated rings. The highest BCUT2D eigenvalue weighted by Gasteiger charge is 2.01. The first-order chi connectivity index (χ1) is 4.93. The molecule has 0 bridgehead atoms. The maximum Gasteiger partial charge on any atom is 0.184 e. The van der Waals surface area contributed by atoms with E-state index in [2.05, 4.69) is 24.8 Å². The highest BCUT2D eigenvalue weighted by molar-refractivity contribution is 6.65. The van der Waals surface area contributed by atoms with Crippen LogP contribution in [-0.2, 0) is 0 Å². The number of hydrogen-bond acceptors (Lipinski definition) is 4. The lowest BCUT2D eigenvalue weighted by molar-refractivity contribution is 0.903. The van der Waals surface area contributed by atoms with Crippen LogP contribution in [0.2, 0.25) is 0 Å². The summed E-state index contributed by atoms with van der Waals surface area (Å²) >= 11 is 0. The topological polar surface area (TPSA) is 39.3 Å². The molecule has 4 nitrogen and oxygen atoms in total. The summed E-state index contributed by atoms with van der Waals surface area (Å²) in [5.74, 6) is 0. The highest BCUT2D eigenvalue weighted by atomic mass is 28.4. The molecule has 1 saturated heterocycles.